The van der Waals surface area contributed by atoms with Gasteiger partial charge in [0.2, 0.25) is 11.8 Å². The van der Waals surface area contributed by atoms with Crippen molar-refractivity contribution in [3.63, 3.8) is 0 Å². The highest BCUT2D eigenvalue weighted by Crippen LogP contribution is 2.37. The molecule has 2 amide bonds. The third-order valence-corrected chi connectivity index (χ3v) is 4.62. The van der Waals surface area contributed by atoms with E-state index in [9.17, 15) is 9.59 Å². The van der Waals surface area contributed by atoms with Crippen LogP contribution in [-0.2, 0) is 9.59 Å². The molecule has 0 aromatic carbocycles. The lowest BCUT2D eigenvalue weighted by atomic mass is 9.89. The first-order valence-electron chi connectivity index (χ1n) is 7.52. The van der Waals surface area contributed by atoms with E-state index in [2.05, 4.69) is 19.2 Å². The maximum absolute atomic E-state index is 12.7. The van der Waals surface area contributed by atoms with Gasteiger partial charge in [0.15, 0.2) is 0 Å². The SMILES string of the molecule is CCC1(C)C(=O)NC(C2CC2)C(=O)N1CCC(C)C. The Morgan fingerprint density at radius 3 is 2.47 bits per heavy atom. The van der Waals surface area contributed by atoms with Crippen molar-refractivity contribution in [3.8, 4) is 0 Å². The molecule has 1 saturated carbocycles. The van der Waals surface area contributed by atoms with Gasteiger partial charge < -0.3 is 10.2 Å². The molecule has 0 spiro atoms. The fraction of sp³-hybridized carbons (Fsp3) is 0.867. The van der Waals surface area contributed by atoms with E-state index < -0.39 is 5.54 Å². The molecule has 0 radical (unpaired) electrons. The largest absolute Gasteiger partial charge is 0.342 e. The summed E-state index contributed by atoms with van der Waals surface area (Å²) in [5.41, 5.74) is -0.669. The van der Waals surface area contributed by atoms with E-state index in [1.54, 1.807) is 0 Å². The highest BCUT2D eigenvalue weighted by atomic mass is 16.2. The summed E-state index contributed by atoms with van der Waals surface area (Å²) in [5.74, 6) is 1.07. The van der Waals surface area contributed by atoms with Gasteiger partial charge in [-0.1, -0.05) is 20.8 Å². The summed E-state index contributed by atoms with van der Waals surface area (Å²) < 4.78 is 0. The molecule has 2 rings (SSSR count). The minimum atomic E-state index is -0.669. The van der Waals surface area contributed by atoms with Gasteiger partial charge in [-0.15, -0.1) is 0 Å². The van der Waals surface area contributed by atoms with E-state index in [-0.39, 0.29) is 17.9 Å². The van der Waals surface area contributed by atoms with Crippen molar-refractivity contribution in [1.29, 1.82) is 0 Å². The van der Waals surface area contributed by atoms with Gasteiger partial charge in [0.1, 0.15) is 11.6 Å². The summed E-state index contributed by atoms with van der Waals surface area (Å²) in [6.07, 6.45) is 3.75. The van der Waals surface area contributed by atoms with Crippen LogP contribution < -0.4 is 5.32 Å². The number of nitrogens with zero attached hydrogens (tertiary/aromatic N) is 1. The van der Waals surface area contributed by atoms with Crippen LogP contribution in [0.4, 0.5) is 0 Å². The molecule has 0 aromatic rings. The van der Waals surface area contributed by atoms with E-state index in [0.717, 1.165) is 19.3 Å². The van der Waals surface area contributed by atoms with Gasteiger partial charge in [0.05, 0.1) is 0 Å². The summed E-state index contributed by atoms with van der Waals surface area (Å²) in [7, 11) is 0. The Bertz CT molecular complexity index is 376. The van der Waals surface area contributed by atoms with Gasteiger partial charge in [-0.05, 0) is 44.4 Å². The molecule has 1 heterocycles. The number of nitrogens with one attached hydrogen (secondary N) is 1. The minimum Gasteiger partial charge on any atom is -0.342 e. The van der Waals surface area contributed by atoms with E-state index in [0.29, 0.717) is 24.8 Å². The average Bonchev–Trinajstić information content (AvgIpc) is 3.17. The van der Waals surface area contributed by atoms with Crippen molar-refractivity contribution in [3.05, 3.63) is 0 Å². The predicted molar refractivity (Wildman–Crippen MR) is 74.5 cm³/mol. The summed E-state index contributed by atoms with van der Waals surface area (Å²) in [4.78, 5) is 26.9. The number of amides is 2. The zero-order valence-electron chi connectivity index (χ0n) is 12.5. The van der Waals surface area contributed by atoms with E-state index in [1.807, 2.05) is 18.7 Å². The summed E-state index contributed by atoms with van der Waals surface area (Å²) in [5, 5.41) is 2.96. The Morgan fingerprint density at radius 2 is 2.00 bits per heavy atom. The van der Waals surface area contributed by atoms with Crippen molar-refractivity contribution < 1.29 is 9.59 Å². The van der Waals surface area contributed by atoms with Crippen molar-refractivity contribution in [1.82, 2.24) is 10.2 Å². The Labute approximate surface area is 115 Å². The molecule has 4 heteroatoms. The molecule has 1 N–H and O–H groups in total. The lowest BCUT2D eigenvalue weighted by molar-refractivity contribution is -0.157. The molecule has 1 saturated heterocycles. The first kappa shape index (κ1) is 14.4. The molecule has 108 valence electrons. The molecule has 19 heavy (non-hydrogen) atoms. The molecular weight excluding hydrogens is 240 g/mol. The van der Waals surface area contributed by atoms with Crippen molar-refractivity contribution in [2.75, 3.05) is 6.54 Å². The number of hydrogen-bond acceptors (Lipinski definition) is 2. The first-order valence-corrected chi connectivity index (χ1v) is 7.52. The summed E-state index contributed by atoms with van der Waals surface area (Å²) in [6, 6.07) is -0.265. The van der Waals surface area contributed by atoms with E-state index >= 15 is 0 Å². The van der Waals surface area contributed by atoms with Crippen LogP contribution in [0.15, 0.2) is 0 Å². The molecule has 0 bridgehead atoms. The highest BCUT2D eigenvalue weighted by molar-refractivity contribution is 5.99. The molecule has 0 aromatic heterocycles. The Balaban J connectivity index is 2.19. The lowest BCUT2D eigenvalue weighted by Gasteiger charge is -2.46. The monoisotopic (exact) mass is 266 g/mol. The molecule has 2 fully saturated rings. The van der Waals surface area contributed by atoms with Gasteiger partial charge in [0.25, 0.3) is 0 Å². The number of piperazine rings is 1. The van der Waals surface area contributed by atoms with Crippen molar-refractivity contribution in [2.45, 2.75) is 65.0 Å². The number of rotatable bonds is 5. The minimum absolute atomic E-state index is 0.0234. The van der Waals surface area contributed by atoms with Crippen molar-refractivity contribution in [2.24, 2.45) is 11.8 Å². The van der Waals surface area contributed by atoms with Crippen LogP contribution >= 0.6 is 0 Å². The van der Waals surface area contributed by atoms with Gasteiger partial charge >= 0.3 is 0 Å². The number of hydrogen-bond donors (Lipinski definition) is 1. The molecule has 4 nitrogen and oxygen atoms in total. The standard InChI is InChI=1S/C15H26N2O2/c1-5-15(4)14(19)16-12(11-6-7-11)13(18)17(15)9-8-10(2)3/h10-12H,5-9H2,1-4H3,(H,16,19). The quantitative estimate of drug-likeness (QED) is 0.826. The zero-order valence-corrected chi connectivity index (χ0v) is 12.5. The molecule has 1 aliphatic heterocycles. The number of carbonyl (C=O) groups excluding carboxylic acids is 2. The second-order valence-corrected chi connectivity index (χ2v) is 6.59. The topological polar surface area (TPSA) is 49.4 Å². The number of carbonyl (C=O) groups is 2. The lowest BCUT2D eigenvalue weighted by Crippen LogP contribution is -2.69. The molecule has 2 atom stereocenters. The van der Waals surface area contributed by atoms with Gasteiger partial charge in [-0.25, -0.2) is 0 Å². The Kier molecular flexibility index (Phi) is 3.88. The highest BCUT2D eigenvalue weighted by Gasteiger charge is 2.51. The van der Waals surface area contributed by atoms with Gasteiger partial charge in [0, 0.05) is 6.54 Å². The van der Waals surface area contributed by atoms with Crippen molar-refractivity contribution >= 4 is 11.8 Å². The molecule has 2 aliphatic rings. The zero-order chi connectivity index (χ0) is 14.2. The normalized spacial score (nSPS) is 31.8. The summed E-state index contributed by atoms with van der Waals surface area (Å²) >= 11 is 0. The van der Waals surface area contributed by atoms with Crippen LogP contribution in [0, 0.1) is 11.8 Å². The van der Waals surface area contributed by atoms with E-state index in [1.165, 1.54) is 0 Å². The fourth-order valence-corrected chi connectivity index (χ4v) is 2.74. The van der Waals surface area contributed by atoms with E-state index in [4.69, 9.17) is 0 Å². The molecular formula is C15H26N2O2. The Morgan fingerprint density at radius 1 is 1.37 bits per heavy atom. The molecule has 1 aliphatic carbocycles. The van der Waals surface area contributed by atoms with Crippen LogP contribution in [-0.4, -0.2) is 34.8 Å². The van der Waals surface area contributed by atoms with Crippen LogP contribution in [0.1, 0.15) is 53.4 Å². The second-order valence-electron chi connectivity index (χ2n) is 6.59. The predicted octanol–water partition coefficient (Wildman–Crippen LogP) is 1.94. The van der Waals surface area contributed by atoms with Crippen LogP contribution in [0.25, 0.3) is 0 Å². The Hall–Kier alpha value is -1.06. The van der Waals surface area contributed by atoms with Crippen LogP contribution in [0.2, 0.25) is 0 Å². The average molecular weight is 266 g/mol. The van der Waals surface area contributed by atoms with Crippen LogP contribution in [0.5, 0.6) is 0 Å². The second kappa shape index (κ2) is 5.14. The maximum atomic E-state index is 12.7. The van der Waals surface area contributed by atoms with Crippen LogP contribution in [0.3, 0.4) is 0 Å². The van der Waals surface area contributed by atoms with Gasteiger partial charge in [-0.3, -0.25) is 9.59 Å². The fourth-order valence-electron chi connectivity index (χ4n) is 2.74. The first-order chi connectivity index (χ1) is 8.90. The smallest absolute Gasteiger partial charge is 0.246 e. The van der Waals surface area contributed by atoms with Gasteiger partial charge in [-0.2, -0.15) is 0 Å². The summed E-state index contributed by atoms with van der Waals surface area (Å²) in [6.45, 7) is 8.86. The third kappa shape index (κ3) is 2.63. The molecule has 2 unspecified atom stereocenters. The third-order valence-electron chi connectivity index (χ3n) is 4.62. The maximum Gasteiger partial charge on any atom is 0.246 e.